The van der Waals surface area contributed by atoms with Gasteiger partial charge in [-0.15, -0.1) is 0 Å². The summed E-state index contributed by atoms with van der Waals surface area (Å²) >= 11 is 0. The first-order chi connectivity index (χ1) is 9.76. The summed E-state index contributed by atoms with van der Waals surface area (Å²) in [5, 5.41) is 3.76. The maximum Gasteiger partial charge on any atom is 0.231 e. The number of fused-ring (bicyclic) bond motifs is 1. The van der Waals surface area contributed by atoms with Gasteiger partial charge in [-0.3, -0.25) is 0 Å². The number of rotatable bonds is 7. The number of hydrogen-bond donors (Lipinski definition) is 1. The molecule has 1 saturated carbocycles. The van der Waals surface area contributed by atoms with E-state index in [2.05, 4.69) is 31.3 Å². The topological polar surface area (TPSA) is 30.5 Å². The third kappa shape index (κ3) is 3.26. The van der Waals surface area contributed by atoms with Crippen molar-refractivity contribution in [1.29, 1.82) is 0 Å². The first kappa shape index (κ1) is 13.7. The van der Waals surface area contributed by atoms with Gasteiger partial charge >= 0.3 is 0 Å². The summed E-state index contributed by atoms with van der Waals surface area (Å²) in [5.41, 5.74) is 1.34. The zero-order valence-corrected chi connectivity index (χ0v) is 12.5. The second-order valence-corrected chi connectivity index (χ2v) is 6.18. The van der Waals surface area contributed by atoms with Crippen LogP contribution in [-0.4, -0.2) is 18.9 Å². The molecule has 3 unspecified atom stereocenters. The van der Waals surface area contributed by atoms with Gasteiger partial charge in [0.15, 0.2) is 11.5 Å². The first-order valence-corrected chi connectivity index (χ1v) is 7.91. The molecule has 0 amide bonds. The van der Waals surface area contributed by atoms with Gasteiger partial charge < -0.3 is 14.8 Å². The molecule has 3 nitrogen and oxygen atoms in total. The lowest BCUT2D eigenvalue weighted by atomic mass is 10.1. The van der Waals surface area contributed by atoms with Gasteiger partial charge in [-0.05, 0) is 56.2 Å². The Labute approximate surface area is 121 Å². The van der Waals surface area contributed by atoms with Gasteiger partial charge in [-0.1, -0.05) is 19.4 Å². The molecular formula is C17H25NO2. The molecule has 0 saturated heterocycles. The summed E-state index contributed by atoms with van der Waals surface area (Å²) in [6.45, 7) is 4.93. The van der Waals surface area contributed by atoms with Crippen molar-refractivity contribution < 1.29 is 9.47 Å². The minimum atomic E-state index is 0.358. The highest BCUT2D eigenvalue weighted by Crippen LogP contribution is 2.35. The molecule has 0 radical (unpaired) electrons. The Hall–Kier alpha value is -1.22. The van der Waals surface area contributed by atoms with Gasteiger partial charge in [0.2, 0.25) is 6.79 Å². The van der Waals surface area contributed by atoms with E-state index >= 15 is 0 Å². The molecule has 1 aromatic rings. The predicted molar refractivity (Wildman–Crippen MR) is 80.3 cm³/mol. The Morgan fingerprint density at radius 1 is 1.30 bits per heavy atom. The molecular weight excluding hydrogens is 250 g/mol. The van der Waals surface area contributed by atoms with Crippen molar-refractivity contribution in [3.8, 4) is 11.5 Å². The normalized spacial score (nSPS) is 24.7. The monoisotopic (exact) mass is 275 g/mol. The highest BCUT2D eigenvalue weighted by molar-refractivity contribution is 5.44. The number of ether oxygens (including phenoxy) is 2. The average molecular weight is 275 g/mol. The molecule has 110 valence electrons. The first-order valence-electron chi connectivity index (χ1n) is 7.91. The number of nitrogens with one attached hydrogen (secondary N) is 1. The van der Waals surface area contributed by atoms with Crippen LogP contribution < -0.4 is 14.8 Å². The number of hydrogen-bond acceptors (Lipinski definition) is 3. The molecule has 1 fully saturated rings. The SMILES string of the molecule is CCCC1CC1NC(C)CCc1ccc2c(c1)OCO2. The van der Waals surface area contributed by atoms with E-state index in [0.29, 0.717) is 12.8 Å². The van der Waals surface area contributed by atoms with Crippen molar-refractivity contribution in [3.05, 3.63) is 23.8 Å². The zero-order chi connectivity index (χ0) is 13.9. The second-order valence-electron chi connectivity index (χ2n) is 6.18. The maximum atomic E-state index is 5.42. The molecule has 3 heteroatoms. The van der Waals surface area contributed by atoms with E-state index in [0.717, 1.165) is 29.9 Å². The lowest BCUT2D eigenvalue weighted by Gasteiger charge is -2.14. The molecule has 2 aliphatic rings. The van der Waals surface area contributed by atoms with E-state index in [-0.39, 0.29) is 0 Å². The standard InChI is InChI=1S/C17H25NO2/c1-3-4-14-10-15(14)18-12(2)5-6-13-7-8-16-17(9-13)20-11-19-16/h7-9,12,14-15,18H,3-6,10-11H2,1-2H3. The van der Waals surface area contributed by atoms with E-state index in [1.807, 2.05) is 6.07 Å². The van der Waals surface area contributed by atoms with E-state index in [1.54, 1.807) is 0 Å². The van der Waals surface area contributed by atoms with E-state index in [1.165, 1.54) is 31.2 Å². The van der Waals surface area contributed by atoms with Gasteiger partial charge in [-0.25, -0.2) is 0 Å². The van der Waals surface area contributed by atoms with Crippen LogP contribution in [0.5, 0.6) is 11.5 Å². The summed E-state index contributed by atoms with van der Waals surface area (Å²) in [7, 11) is 0. The third-order valence-corrected chi connectivity index (χ3v) is 4.38. The van der Waals surface area contributed by atoms with Crippen LogP contribution in [0.25, 0.3) is 0 Å². The van der Waals surface area contributed by atoms with Gasteiger partial charge in [0.25, 0.3) is 0 Å². The molecule has 1 aromatic carbocycles. The van der Waals surface area contributed by atoms with Gasteiger partial charge in [0, 0.05) is 12.1 Å². The Morgan fingerprint density at radius 2 is 2.15 bits per heavy atom. The maximum absolute atomic E-state index is 5.42. The van der Waals surface area contributed by atoms with Crippen LogP contribution >= 0.6 is 0 Å². The quantitative estimate of drug-likeness (QED) is 0.826. The van der Waals surface area contributed by atoms with Crippen molar-refractivity contribution in [1.82, 2.24) is 5.32 Å². The van der Waals surface area contributed by atoms with E-state index < -0.39 is 0 Å². The predicted octanol–water partition coefficient (Wildman–Crippen LogP) is 3.51. The molecule has 3 rings (SSSR count). The lowest BCUT2D eigenvalue weighted by molar-refractivity contribution is 0.174. The van der Waals surface area contributed by atoms with Crippen LogP contribution in [0.1, 0.15) is 45.1 Å². The third-order valence-electron chi connectivity index (χ3n) is 4.38. The van der Waals surface area contributed by atoms with Crippen molar-refractivity contribution in [2.24, 2.45) is 5.92 Å². The number of benzene rings is 1. The Kier molecular flexibility index (Phi) is 4.16. The fourth-order valence-corrected chi connectivity index (χ4v) is 3.07. The summed E-state index contributed by atoms with van der Waals surface area (Å²) in [6.07, 6.45) is 6.34. The van der Waals surface area contributed by atoms with Crippen molar-refractivity contribution in [2.45, 2.75) is 58.0 Å². The second kappa shape index (κ2) is 6.04. The average Bonchev–Trinajstić information content (AvgIpc) is 3.00. The summed E-state index contributed by atoms with van der Waals surface area (Å²) in [4.78, 5) is 0. The van der Waals surface area contributed by atoms with Crippen LogP contribution in [0.3, 0.4) is 0 Å². The largest absolute Gasteiger partial charge is 0.454 e. The van der Waals surface area contributed by atoms with Crippen LogP contribution in [0.15, 0.2) is 18.2 Å². The highest BCUT2D eigenvalue weighted by atomic mass is 16.7. The molecule has 0 aromatic heterocycles. The molecule has 1 aliphatic heterocycles. The van der Waals surface area contributed by atoms with Crippen LogP contribution in [0.2, 0.25) is 0 Å². The Bertz CT molecular complexity index is 460. The highest BCUT2D eigenvalue weighted by Gasteiger charge is 2.36. The molecule has 1 N–H and O–H groups in total. The number of aryl methyl sites for hydroxylation is 1. The Balaban J connectivity index is 1.43. The van der Waals surface area contributed by atoms with Crippen LogP contribution in [-0.2, 0) is 6.42 Å². The molecule has 0 spiro atoms. The fourth-order valence-electron chi connectivity index (χ4n) is 3.07. The zero-order valence-electron chi connectivity index (χ0n) is 12.5. The summed E-state index contributed by atoms with van der Waals surface area (Å²) < 4.78 is 10.8. The van der Waals surface area contributed by atoms with Crippen LogP contribution in [0.4, 0.5) is 0 Å². The molecule has 20 heavy (non-hydrogen) atoms. The summed E-state index contributed by atoms with van der Waals surface area (Å²) in [5.74, 6) is 2.71. The van der Waals surface area contributed by atoms with Gasteiger partial charge in [-0.2, -0.15) is 0 Å². The van der Waals surface area contributed by atoms with Crippen molar-refractivity contribution in [2.75, 3.05) is 6.79 Å². The minimum absolute atomic E-state index is 0.358. The molecule has 3 atom stereocenters. The van der Waals surface area contributed by atoms with Gasteiger partial charge in [0.05, 0.1) is 0 Å². The minimum Gasteiger partial charge on any atom is -0.454 e. The van der Waals surface area contributed by atoms with Crippen molar-refractivity contribution >= 4 is 0 Å². The van der Waals surface area contributed by atoms with E-state index in [9.17, 15) is 0 Å². The lowest BCUT2D eigenvalue weighted by Crippen LogP contribution is -2.29. The smallest absolute Gasteiger partial charge is 0.231 e. The van der Waals surface area contributed by atoms with Gasteiger partial charge in [0.1, 0.15) is 0 Å². The fraction of sp³-hybridized carbons (Fsp3) is 0.647. The van der Waals surface area contributed by atoms with Crippen molar-refractivity contribution in [3.63, 3.8) is 0 Å². The molecule has 1 aliphatic carbocycles. The van der Waals surface area contributed by atoms with E-state index in [4.69, 9.17) is 9.47 Å². The van der Waals surface area contributed by atoms with Crippen LogP contribution in [0, 0.1) is 5.92 Å². The molecule has 1 heterocycles. The summed E-state index contributed by atoms with van der Waals surface area (Å²) in [6, 6.07) is 7.66. The Morgan fingerprint density at radius 3 is 3.00 bits per heavy atom. The molecule has 0 bridgehead atoms.